The second kappa shape index (κ2) is 9.01. The van der Waals surface area contributed by atoms with Gasteiger partial charge in [-0.2, -0.15) is 0 Å². The Bertz CT molecular complexity index is 468. The van der Waals surface area contributed by atoms with E-state index < -0.39 is 0 Å². The van der Waals surface area contributed by atoms with E-state index >= 15 is 0 Å². The molecule has 0 saturated carbocycles. The molecule has 1 fully saturated rings. The van der Waals surface area contributed by atoms with Crippen LogP contribution >= 0.6 is 0 Å². The summed E-state index contributed by atoms with van der Waals surface area (Å²) in [5.41, 5.74) is 1.07. The summed E-state index contributed by atoms with van der Waals surface area (Å²) < 4.78 is 0. The number of hydrogen-bond acceptors (Lipinski definition) is 4. The van der Waals surface area contributed by atoms with Crippen molar-refractivity contribution in [3.63, 3.8) is 0 Å². The SMILES string of the molecule is CCN(CC)C(=O)C(c1ccccc1)N1CCN(CCO)CC1. The van der Waals surface area contributed by atoms with Gasteiger partial charge in [0.25, 0.3) is 0 Å². The van der Waals surface area contributed by atoms with Gasteiger partial charge in [0, 0.05) is 45.8 Å². The van der Waals surface area contributed by atoms with Crippen molar-refractivity contribution >= 4 is 5.91 Å². The summed E-state index contributed by atoms with van der Waals surface area (Å²) in [5.74, 6) is 0.191. The lowest BCUT2D eigenvalue weighted by Crippen LogP contribution is -2.52. The number of carbonyl (C=O) groups excluding carboxylic acids is 1. The second-order valence-corrected chi connectivity index (χ2v) is 5.92. The van der Waals surface area contributed by atoms with Crippen LogP contribution in [-0.2, 0) is 4.79 Å². The fourth-order valence-corrected chi connectivity index (χ4v) is 3.24. The van der Waals surface area contributed by atoms with Crippen LogP contribution in [-0.4, -0.2) is 78.1 Å². The molecule has 1 aromatic rings. The lowest BCUT2D eigenvalue weighted by atomic mass is 10.0. The fourth-order valence-electron chi connectivity index (χ4n) is 3.24. The van der Waals surface area contributed by atoms with Crippen LogP contribution in [0.25, 0.3) is 0 Å². The van der Waals surface area contributed by atoms with E-state index in [0.29, 0.717) is 6.54 Å². The topological polar surface area (TPSA) is 47.0 Å². The molecule has 128 valence electrons. The van der Waals surface area contributed by atoms with E-state index in [-0.39, 0.29) is 18.6 Å². The van der Waals surface area contributed by atoms with Gasteiger partial charge in [0.15, 0.2) is 0 Å². The predicted molar refractivity (Wildman–Crippen MR) is 92.2 cm³/mol. The summed E-state index contributed by atoms with van der Waals surface area (Å²) in [5, 5.41) is 9.08. The number of rotatable bonds is 7. The van der Waals surface area contributed by atoms with Crippen LogP contribution in [0.5, 0.6) is 0 Å². The van der Waals surface area contributed by atoms with E-state index in [1.807, 2.05) is 49.1 Å². The number of carbonyl (C=O) groups is 1. The van der Waals surface area contributed by atoms with E-state index in [1.54, 1.807) is 0 Å². The summed E-state index contributed by atoms with van der Waals surface area (Å²) in [7, 11) is 0. The number of amides is 1. The predicted octanol–water partition coefficient (Wildman–Crippen LogP) is 1.21. The highest BCUT2D eigenvalue weighted by Crippen LogP contribution is 2.24. The molecule has 1 aromatic carbocycles. The molecule has 1 N–H and O–H groups in total. The maximum Gasteiger partial charge on any atom is 0.244 e. The maximum atomic E-state index is 13.0. The third-order valence-electron chi connectivity index (χ3n) is 4.61. The fraction of sp³-hybridized carbons (Fsp3) is 0.611. The van der Waals surface area contributed by atoms with Gasteiger partial charge in [-0.3, -0.25) is 14.6 Å². The minimum absolute atomic E-state index is 0.191. The molecule has 2 rings (SSSR count). The monoisotopic (exact) mass is 319 g/mol. The van der Waals surface area contributed by atoms with E-state index in [2.05, 4.69) is 9.80 Å². The normalized spacial score (nSPS) is 17.9. The Kier molecular flexibility index (Phi) is 7.02. The van der Waals surface area contributed by atoms with Crippen molar-refractivity contribution in [3.05, 3.63) is 35.9 Å². The Labute approximate surface area is 139 Å². The van der Waals surface area contributed by atoms with Gasteiger partial charge in [-0.25, -0.2) is 0 Å². The van der Waals surface area contributed by atoms with Crippen LogP contribution in [0, 0.1) is 0 Å². The molecule has 5 heteroatoms. The number of β-amino-alcohol motifs (C(OH)–C–C–N with tert-alkyl or cyclic N) is 1. The molecule has 0 bridgehead atoms. The van der Waals surface area contributed by atoms with Crippen molar-refractivity contribution in [1.82, 2.24) is 14.7 Å². The lowest BCUT2D eigenvalue weighted by molar-refractivity contribution is -0.137. The molecule has 1 aliphatic rings. The van der Waals surface area contributed by atoms with E-state index in [0.717, 1.165) is 44.8 Å². The number of piperazine rings is 1. The zero-order valence-electron chi connectivity index (χ0n) is 14.3. The first kappa shape index (κ1) is 17.9. The lowest BCUT2D eigenvalue weighted by Gasteiger charge is -2.40. The number of nitrogens with zero attached hydrogens (tertiary/aromatic N) is 3. The molecular weight excluding hydrogens is 290 g/mol. The molecule has 1 unspecified atom stereocenters. The molecule has 0 aliphatic carbocycles. The van der Waals surface area contributed by atoms with Crippen LogP contribution in [0.15, 0.2) is 30.3 Å². The first-order valence-electron chi connectivity index (χ1n) is 8.62. The second-order valence-electron chi connectivity index (χ2n) is 5.92. The van der Waals surface area contributed by atoms with Gasteiger partial charge in [-0.15, -0.1) is 0 Å². The standard InChI is InChI=1S/C18H29N3O2/c1-3-20(4-2)18(23)17(16-8-6-5-7-9-16)21-12-10-19(11-13-21)14-15-22/h5-9,17,22H,3-4,10-15H2,1-2H3. The minimum atomic E-state index is -0.202. The van der Waals surface area contributed by atoms with Crippen molar-refractivity contribution in [2.45, 2.75) is 19.9 Å². The first-order valence-corrected chi connectivity index (χ1v) is 8.62. The van der Waals surface area contributed by atoms with Crippen LogP contribution in [0.3, 0.4) is 0 Å². The van der Waals surface area contributed by atoms with Crippen LogP contribution in [0.2, 0.25) is 0 Å². The minimum Gasteiger partial charge on any atom is -0.395 e. The molecule has 1 saturated heterocycles. The molecule has 1 atom stereocenters. The van der Waals surface area contributed by atoms with Gasteiger partial charge < -0.3 is 10.0 Å². The number of likely N-dealkylation sites (N-methyl/N-ethyl adjacent to an activating group) is 1. The summed E-state index contributed by atoms with van der Waals surface area (Å²) in [6.45, 7) is 9.95. The number of aliphatic hydroxyl groups excluding tert-OH is 1. The first-order chi connectivity index (χ1) is 11.2. The molecule has 0 spiro atoms. The zero-order valence-corrected chi connectivity index (χ0v) is 14.3. The molecule has 1 heterocycles. The van der Waals surface area contributed by atoms with Gasteiger partial charge in [0.05, 0.1) is 6.61 Å². The average molecular weight is 319 g/mol. The van der Waals surface area contributed by atoms with Crippen molar-refractivity contribution < 1.29 is 9.90 Å². The van der Waals surface area contributed by atoms with Crippen LogP contribution in [0.1, 0.15) is 25.5 Å². The van der Waals surface area contributed by atoms with Crippen molar-refractivity contribution in [1.29, 1.82) is 0 Å². The number of aliphatic hydroxyl groups is 1. The smallest absolute Gasteiger partial charge is 0.244 e. The molecule has 0 radical (unpaired) electrons. The zero-order chi connectivity index (χ0) is 16.7. The van der Waals surface area contributed by atoms with Gasteiger partial charge >= 0.3 is 0 Å². The summed E-state index contributed by atoms with van der Waals surface area (Å²) in [6, 6.07) is 9.88. The maximum absolute atomic E-state index is 13.0. The Morgan fingerprint density at radius 3 is 2.26 bits per heavy atom. The quantitative estimate of drug-likeness (QED) is 0.820. The number of hydrogen-bond donors (Lipinski definition) is 1. The van der Waals surface area contributed by atoms with E-state index in [9.17, 15) is 4.79 Å². The highest BCUT2D eigenvalue weighted by Gasteiger charge is 2.32. The van der Waals surface area contributed by atoms with Gasteiger partial charge in [-0.05, 0) is 19.4 Å². The van der Waals surface area contributed by atoms with E-state index in [1.165, 1.54) is 0 Å². The van der Waals surface area contributed by atoms with Crippen molar-refractivity contribution in [3.8, 4) is 0 Å². The summed E-state index contributed by atoms with van der Waals surface area (Å²) >= 11 is 0. The summed E-state index contributed by atoms with van der Waals surface area (Å²) in [6.07, 6.45) is 0. The average Bonchev–Trinajstić information content (AvgIpc) is 2.59. The van der Waals surface area contributed by atoms with Gasteiger partial charge in [0.2, 0.25) is 5.91 Å². The Hall–Kier alpha value is -1.43. The Morgan fingerprint density at radius 2 is 1.74 bits per heavy atom. The molecule has 5 nitrogen and oxygen atoms in total. The third kappa shape index (κ3) is 4.53. The molecule has 1 aliphatic heterocycles. The van der Waals surface area contributed by atoms with Crippen molar-refractivity contribution in [2.75, 3.05) is 52.4 Å². The molecule has 23 heavy (non-hydrogen) atoms. The largest absolute Gasteiger partial charge is 0.395 e. The highest BCUT2D eigenvalue weighted by molar-refractivity contribution is 5.83. The van der Waals surface area contributed by atoms with Crippen LogP contribution in [0.4, 0.5) is 0 Å². The highest BCUT2D eigenvalue weighted by atomic mass is 16.3. The Morgan fingerprint density at radius 1 is 1.13 bits per heavy atom. The molecule has 0 aromatic heterocycles. The van der Waals surface area contributed by atoms with Gasteiger partial charge in [-0.1, -0.05) is 30.3 Å². The van der Waals surface area contributed by atoms with Gasteiger partial charge in [0.1, 0.15) is 6.04 Å². The molecule has 1 amide bonds. The Balaban J connectivity index is 2.16. The number of benzene rings is 1. The van der Waals surface area contributed by atoms with E-state index in [4.69, 9.17) is 5.11 Å². The third-order valence-corrected chi connectivity index (χ3v) is 4.61. The van der Waals surface area contributed by atoms with Crippen LogP contribution < -0.4 is 0 Å². The molecular formula is C18H29N3O2. The van der Waals surface area contributed by atoms with Crippen molar-refractivity contribution in [2.24, 2.45) is 0 Å². The summed E-state index contributed by atoms with van der Waals surface area (Å²) in [4.78, 5) is 19.5.